The molecule has 0 saturated carbocycles. The van der Waals surface area contributed by atoms with E-state index in [0.717, 1.165) is 13.1 Å². The Balaban J connectivity index is 2.01. The Hall–Kier alpha value is -1.58. The molecule has 2 rings (SSSR count). The van der Waals surface area contributed by atoms with Crippen molar-refractivity contribution in [1.29, 1.82) is 0 Å². The molecule has 0 radical (unpaired) electrons. The van der Waals surface area contributed by atoms with Gasteiger partial charge in [0, 0.05) is 19.3 Å². The summed E-state index contributed by atoms with van der Waals surface area (Å²) < 4.78 is 0. The molecule has 80 valence electrons. The van der Waals surface area contributed by atoms with Crippen LogP contribution in [0, 0.1) is 0 Å². The number of likely N-dealkylation sites (tertiary alicyclic amines) is 1. The Kier molecular flexibility index (Phi) is 3.17. The van der Waals surface area contributed by atoms with Crippen molar-refractivity contribution in [3.63, 3.8) is 0 Å². The van der Waals surface area contributed by atoms with E-state index in [4.69, 9.17) is 0 Å². The van der Waals surface area contributed by atoms with E-state index < -0.39 is 0 Å². The zero-order valence-corrected chi connectivity index (χ0v) is 8.63. The molecule has 15 heavy (non-hydrogen) atoms. The standard InChI is InChI=1S/C11H15N3O/c15-11-8-12-5-4-10(11)13-9-14-6-2-1-3-7-14/h4-5,8-9,15H,1-3,6-7H2. The summed E-state index contributed by atoms with van der Waals surface area (Å²) in [5.74, 6) is 0.130. The number of hydrogen-bond acceptors (Lipinski definition) is 3. The van der Waals surface area contributed by atoms with E-state index in [0.29, 0.717) is 5.69 Å². The van der Waals surface area contributed by atoms with Gasteiger partial charge in [-0.2, -0.15) is 0 Å². The van der Waals surface area contributed by atoms with Gasteiger partial charge in [-0.05, 0) is 25.3 Å². The van der Waals surface area contributed by atoms with Crippen LogP contribution in [0.2, 0.25) is 0 Å². The summed E-state index contributed by atoms with van der Waals surface area (Å²) in [7, 11) is 0. The van der Waals surface area contributed by atoms with E-state index in [1.807, 2.05) is 6.34 Å². The fraction of sp³-hybridized carbons (Fsp3) is 0.455. The number of nitrogens with zero attached hydrogens (tertiary/aromatic N) is 3. The van der Waals surface area contributed by atoms with Gasteiger partial charge in [-0.25, -0.2) is 4.99 Å². The minimum absolute atomic E-state index is 0.130. The first kappa shape index (κ1) is 9.96. The summed E-state index contributed by atoms with van der Waals surface area (Å²) in [6.07, 6.45) is 8.62. The predicted molar refractivity (Wildman–Crippen MR) is 59.5 cm³/mol. The fourth-order valence-electron chi connectivity index (χ4n) is 1.67. The summed E-state index contributed by atoms with van der Waals surface area (Å²) in [4.78, 5) is 10.2. The van der Waals surface area contributed by atoms with Gasteiger partial charge in [0.2, 0.25) is 0 Å². The topological polar surface area (TPSA) is 48.7 Å². The van der Waals surface area contributed by atoms with Crippen molar-refractivity contribution in [3.8, 4) is 5.75 Å². The summed E-state index contributed by atoms with van der Waals surface area (Å²) in [5.41, 5.74) is 0.579. The predicted octanol–water partition coefficient (Wildman–Crippen LogP) is 1.93. The third kappa shape index (κ3) is 2.68. The number of aromatic hydroxyl groups is 1. The lowest BCUT2D eigenvalue weighted by Gasteiger charge is -2.23. The van der Waals surface area contributed by atoms with E-state index in [1.165, 1.54) is 25.5 Å². The van der Waals surface area contributed by atoms with Gasteiger partial charge >= 0.3 is 0 Å². The van der Waals surface area contributed by atoms with E-state index in [1.54, 1.807) is 12.3 Å². The van der Waals surface area contributed by atoms with E-state index in [2.05, 4.69) is 14.9 Å². The fourth-order valence-corrected chi connectivity index (χ4v) is 1.67. The Labute approximate surface area is 89.3 Å². The van der Waals surface area contributed by atoms with Crippen LogP contribution in [0.4, 0.5) is 5.69 Å². The van der Waals surface area contributed by atoms with Crippen LogP contribution in [0.25, 0.3) is 0 Å². The van der Waals surface area contributed by atoms with Crippen molar-refractivity contribution in [2.75, 3.05) is 13.1 Å². The molecule has 1 saturated heterocycles. The van der Waals surface area contributed by atoms with Crippen LogP contribution in [0.15, 0.2) is 23.5 Å². The molecule has 1 aliphatic heterocycles. The van der Waals surface area contributed by atoms with Crippen LogP contribution in [-0.4, -0.2) is 34.4 Å². The molecule has 0 unspecified atom stereocenters. The van der Waals surface area contributed by atoms with Crippen LogP contribution >= 0.6 is 0 Å². The Morgan fingerprint density at radius 2 is 2.13 bits per heavy atom. The molecule has 0 bridgehead atoms. The molecule has 0 aromatic carbocycles. The minimum atomic E-state index is 0.130. The molecule has 1 N–H and O–H groups in total. The summed E-state index contributed by atoms with van der Waals surface area (Å²) >= 11 is 0. The van der Waals surface area contributed by atoms with Crippen LogP contribution in [-0.2, 0) is 0 Å². The van der Waals surface area contributed by atoms with Crippen molar-refractivity contribution >= 4 is 12.0 Å². The molecule has 0 aliphatic carbocycles. The van der Waals surface area contributed by atoms with Gasteiger partial charge in [0.1, 0.15) is 5.69 Å². The molecule has 1 fully saturated rings. The lowest BCUT2D eigenvalue weighted by atomic mass is 10.1. The average molecular weight is 205 g/mol. The lowest BCUT2D eigenvalue weighted by Crippen LogP contribution is -2.27. The van der Waals surface area contributed by atoms with Crippen LogP contribution in [0.1, 0.15) is 19.3 Å². The largest absolute Gasteiger partial charge is 0.504 e. The quantitative estimate of drug-likeness (QED) is 0.593. The average Bonchev–Trinajstić information content (AvgIpc) is 2.29. The first-order chi connectivity index (χ1) is 7.36. The number of hydrogen-bond donors (Lipinski definition) is 1. The number of pyridine rings is 1. The van der Waals surface area contributed by atoms with Gasteiger partial charge in [0.15, 0.2) is 5.75 Å². The lowest BCUT2D eigenvalue weighted by molar-refractivity contribution is 0.351. The zero-order valence-electron chi connectivity index (χ0n) is 8.63. The van der Waals surface area contributed by atoms with Crippen molar-refractivity contribution in [1.82, 2.24) is 9.88 Å². The van der Waals surface area contributed by atoms with Crippen LogP contribution in [0.3, 0.4) is 0 Å². The Bertz CT molecular complexity index is 345. The molecule has 1 aromatic rings. The van der Waals surface area contributed by atoms with Crippen molar-refractivity contribution in [3.05, 3.63) is 18.5 Å². The highest BCUT2D eigenvalue weighted by Gasteiger charge is 2.06. The van der Waals surface area contributed by atoms with Gasteiger partial charge in [0.05, 0.1) is 12.5 Å². The normalized spacial score (nSPS) is 17.2. The maximum absolute atomic E-state index is 9.45. The number of aliphatic imine (C=N–C) groups is 1. The second-order valence-corrected chi connectivity index (χ2v) is 3.71. The molecule has 0 atom stereocenters. The molecule has 2 heterocycles. The Morgan fingerprint density at radius 1 is 1.33 bits per heavy atom. The molecule has 0 amide bonds. The second kappa shape index (κ2) is 4.77. The van der Waals surface area contributed by atoms with Gasteiger partial charge in [-0.15, -0.1) is 0 Å². The molecular formula is C11H15N3O. The van der Waals surface area contributed by atoms with Crippen LogP contribution in [0.5, 0.6) is 5.75 Å². The van der Waals surface area contributed by atoms with Gasteiger partial charge < -0.3 is 10.0 Å². The molecule has 1 aliphatic rings. The Morgan fingerprint density at radius 3 is 2.87 bits per heavy atom. The van der Waals surface area contributed by atoms with Gasteiger partial charge in [-0.3, -0.25) is 4.98 Å². The maximum Gasteiger partial charge on any atom is 0.159 e. The highest BCUT2D eigenvalue weighted by molar-refractivity contribution is 5.64. The van der Waals surface area contributed by atoms with Crippen LogP contribution < -0.4 is 0 Å². The van der Waals surface area contributed by atoms with Crippen molar-refractivity contribution in [2.45, 2.75) is 19.3 Å². The van der Waals surface area contributed by atoms with Gasteiger partial charge in [0.25, 0.3) is 0 Å². The third-order valence-corrected chi connectivity index (χ3v) is 2.53. The smallest absolute Gasteiger partial charge is 0.159 e. The van der Waals surface area contributed by atoms with Gasteiger partial charge in [-0.1, -0.05) is 0 Å². The molecule has 0 spiro atoms. The SMILES string of the molecule is Oc1cnccc1N=CN1CCCCC1. The second-order valence-electron chi connectivity index (χ2n) is 3.71. The van der Waals surface area contributed by atoms with Crippen molar-refractivity contribution in [2.24, 2.45) is 4.99 Å². The number of rotatable bonds is 2. The summed E-state index contributed by atoms with van der Waals surface area (Å²) in [5, 5.41) is 9.45. The molecular weight excluding hydrogens is 190 g/mol. The van der Waals surface area contributed by atoms with E-state index in [9.17, 15) is 5.11 Å². The van der Waals surface area contributed by atoms with Crippen molar-refractivity contribution < 1.29 is 5.11 Å². The monoisotopic (exact) mass is 205 g/mol. The highest BCUT2D eigenvalue weighted by atomic mass is 16.3. The molecule has 4 heteroatoms. The summed E-state index contributed by atoms with van der Waals surface area (Å²) in [6.45, 7) is 2.13. The third-order valence-electron chi connectivity index (χ3n) is 2.53. The first-order valence-electron chi connectivity index (χ1n) is 5.27. The van der Waals surface area contributed by atoms with E-state index >= 15 is 0 Å². The zero-order chi connectivity index (χ0) is 10.5. The molecule has 1 aromatic heterocycles. The first-order valence-corrected chi connectivity index (χ1v) is 5.27. The number of aromatic nitrogens is 1. The van der Waals surface area contributed by atoms with E-state index in [-0.39, 0.29) is 5.75 Å². The maximum atomic E-state index is 9.45. The number of piperidine rings is 1. The minimum Gasteiger partial charge on any atom is -0.504 e. The highest BCUT2D eigenvalue weighted by Crippen LogP contribution is 2.23. The molecule has 4 nitrogen and oxygen atoms in total. The summed E-state index contributed by atoms with van der Waals surface area (Å²) in [6, 6.07) is 1.70.